The summed E-state index contributed by atoms with van der Waals surface area (Å²) in [6.45, 7) is 3.31. The molecule has 2 aliphatic heterocycles. The molecule has 0 radical (unpaired) electrons. The van der Waals surface area contributed by atoms with E-state index < -0.39 is 48.5 Å². The predicted molar refractivity (Wildman–Crippen MR) is 117 cm³/mol. The number of aryl methyl sites for hydroxylation is 2. The van der Waals surface area contributed by atoms with E-state index in [1.54, 1.807) is 0 Å². The monoisotopic (exact) mass is 462 g/mol. The lowest BCUT2D eigenvalue weighted by atomic mass is 9.88. The Labute approximate surface area is 190 Å². The van der Waals surface area contributed by atoms with Gasteiger partial charge in [0.1, 0.15) is 30.0 Å². The van der Waals surface area contributed by atoms with Crippen LogP contribution in [-0.4, -0.2) is 63.3 Å². The van der Waals surface area contributed by atoms with Crippen LogP contribution in [0.25, 0.3) is 11.0 Å². The molecular formula is C24H30O9. The average molecular weight is 462 g/mol. The van der Waals surface area contributed by atoms with E-state index in [9.17, 15) is 25.2 Å². The second-order valence-electron chi connectivity index (χ2n) is 9.80. The fourth-order valence-electron chi connectivity index (χ4n) is 5.03. The number of benzene rings is 1. The summed E-state index contributed by atoms with van der Waals surface area (Å²) in [7, 11) is 0. The average Bonchev–Trinajstić information content (AvgIpc) is 2.79. The first-order valence-electron chi connectivity index (χ1n) is 11.5. The van der Waals surface area contributed by atoms with Crippen LogP contribution in [0.3, 0.4) is 0 Å². The van der Waals surface area contributed by atoms with Gasteiger partial charge in [0.25, 0.3) is 0 Å². The van der Waals surface area contributed by atoms with Gasteiger partial charge in [0.05, 0.1) is 6.61 Å². The lowest BCUT2D eigenvalue weighted by molar-refractivity contribution is -0.277. The van der Waals surface area contributed by atoms with E-state index in [-0.39, 0.29) is 11.3 Å². The van der Waals surface area contributed by atoms with Gasteiger partial charge in [-0.05, 0) is 69.6 Å². The van der Waals surface area contributed by atoms with Crippen LogP contribution >= 0.6 is 0 Å². The molecule has 1 aromatic heterocycles. The van der Waals surface area contributed by atoms with Crippen LogP contribution in [0, 0.1) is 0 Å². The van der Waals surface area contributed by atoms with Crippen molar-refractivity contribution in [2.75, 3.05) is 6.61 Å². The molecule has 1 aliphatic carbocycles. The Morgan fingerprint density at radius 2 is 1.79 bits per heavy atom. The van der Waals surface area contributed by atoms with E-state index in [0.717, 1.165) is 48.6 Å². The second kappa shape index (κ2) is 8.25. The Balaban J connectivity index is 1.68. The Kier molecular flexibility index (Phi) is 5.65. The topological polar surface area (TPSA) is 139 Å². The zero-order chi connectivity index (χ0) is 23.5. The molecule has 1 saturated heterocycles. The highest BCUT2D eigenvalue weighted by molar-refractivity contribution is 5.90. The maximum absolute atomic E-state index is 12.8. The number of hydrogen-bond donors (Lipinski definition) is 4. The molecule has 3 heterocycles. The molecule has 9 heteroatoms. The predicted octanol–water partition coefficient (Wildman–Crippen LogP) is 0.954. The molecule has 5 rings (SSSR count). The molecular weight excluding hydrogens is 432 g/mol. The molecule has 5 atom stereocenters. The minimum Gasteiger partial charge on any atom is -0.484 e. The van der Waals surface area contributed by atoms with E-state index in [0.29, 0.717) is 17.7 Å². The van der Waals surface area contributed by atoms with Crippen molar-refractivity contribution in [3.05, 3.63) is 33.2 Å². The molecule has 180 valence electrons. The molecule has 9 nitrogen and oxygen atoms in total. The smallest absolute Gasteiger partial charge is 0.339 e. The summed E-state index contributed by atoms with van der Waals surface area (Å²) in [6, 6.07) is 1.99. The number of rotatable bonds is 3. The van der Waals surface area contributed by atoms with Crippen LogP contribution < -0.4 is 15.1 Å². The Morgan fingerprint density at radius 1 is 1.06 bits per heavy atom. The molecule has 33 heavy (non-hydrogen) atoms. The van der Waals surface area contributed by atoms with Gasteiger partial charge in [-0.25, -0.2) is 4.79 Å². The van der Waals surface area contributed by atoms with Crippen molar-refractivity contribution in [3.8, 4) is 11.5 Å². The maximum atomic E-state index is 12.8. The summed E-state index contributed by atoms with van der Waals surface area (Å²) < 4.78 is 23.6. The highest BCUT2D eigenvalue weighted by Crippen LogP contribution is 2.47. The first-order valence-corrected chi connectivity index (χ1v) is 11.5. The van der Waals surface area contributed by atoms with Crippen molar-refractivity contribution in [1.82, 2.24) is 0 Å². The molecule has 0 spiro atoms. The lowest BCUT2D eigenvalue weighted by Gasteiger charge is -2.40. The fraction of sp³-hybridized carbons (Fsp3) is 0.625. The van der Waals surface area contributed by atoms with Gasteiger partial charge < -0.3 is 39.1 Å². The molecule has 0 saturated carbocycles. The maximum Gasteiger partial charge on any atom is 0.339 e. The lowest BCUT2D eigenvalue weighted by Crippen LogP contribution is -2.60. The van der Waals surface area contributed by atoms with Crippen LogP contribution in [0.2, 0.25) is 0 Å². The van der Waals surface area contributed by atoms with Gasteiger partial charge >= 0.3 is 5.63 Å². The van der Waals surface area contributed by atoms with Crippen LogP contribution in [0.5, 0.6) is 11.5 Å². The SMILES string of the molecule is CC1(C)CCc2cc3c4c(c(=O)oc3c(O[C@H]3O[C@H](CO)[C@@H](O)[C@H](O)[C@H]3O)c2O1)CCCC4. The number of ether oxygens (including phenoxy) is 3. The molecule has 0 unspecified atom stereocenters. The molecule has 1 aromatic carbocycles. The van der Waals surface area contributed by atoms with Gasteiger partial charge in [-0.1, -0.05) is 0 Å². The fourth-order valence-corrected chi connectivity index (χ4v) is 5.03. The molecule has 2 aromatic rings. The first-order chi connectivity index (χ1) is 15.7. The third-order valence-electron chi connectivity index (χ3n) is 6.96. The number of hydrogen-bond acceptors (Lipinski definition) is 9. The third kappa shape index (κ3) is 3.81. The van der Waals surface area contributed by atoms with E-state index in [1.165, 1.54) is 0 Å². The van der Waals surface area contributed by atoms with Crippen molar-refractivity contribution in [3.63, 3.8) is 0 Å². The van der Waals surface area contributed by atoms with Gasteiger partial charge in [0.2, 0.25) is 12.0 Å². The summed E-state index contributed by atoms with van der Waals surface area (Å²) >= 11 is 0. The van der Waals surface area contributed by atoms with Crippen molar-refractivity contribution in [2.45, 2.75) is 88.7 Å². The van der Waals surface area contributed by atoms with Crippen molar-refractivity contribution >= 4 is 11.0 Å². The second-order valence-corrected chi connectivity index (χ2v) is 9.80. The standard InChI is InChI=1S/C24H30O9/c1-24(2)8-7-11-9-14-12-5-3-4-6-13(12)22(29)31-20(14)21(19(11)33-24)32-23-18(28)17(27)16(26)15(10-25)30-23/h9,15-18,23,25-28H,3-8,10H2,1-2H3/t15-,16-,17+,18-,23-/m1/s1. The number of fused-ring (bicyclic) bond motifs is 4. The van der Waals surface area contributed by atoms with Crippen molar-refractivity contribution in [2.24, 2.45) is 0 Å². The van der Waals surface area contributed by atoms with E-state index in [4.69, 9.17) is 18.6 Å². The summed E-state index contributed by atoms with van der Waals surface area (Å²) in [5, 5.41) is 41.2. The molecule has 0 bridgehead atoms. The minimum atomic E-state index is -1.60. The number of aliphatic hydroxyl groups is 4. The van der Waals surface area contributed by atoms with Crippen molar-refractivity contribution < 1.29 is 39.1 Å². The Bertz CT molecular complexity index is 1120. The summed E-state index contributed by atoms with van der Waals surface area (Å²) in [5.74, 6) is 0.514. The molecule has 3 aliphatic rings. The van der Waals surface area contributed by atoms with E-state index in [1.807, 2.05) is 19.9 Å². The molecule has 4 N–H and O–H groups in total. The van der Waals surface area contributed by atoms with Gasteiger partial charge in [-0.15, -0.1) is 0 Å². The van der Waals surface area contributed by atoms with Gasteiger partial charge in [-0.3, -0.25) is 0 Å². The Hall–Kier alpha value is -2.17. The van der Waals surface area contributed by atoms with Gasteiger partial charge in [-0.2, -0.15) is 0 Å². The van der Waals surface area contributed by atoms with Crippen LogP contribution in [-0.2, 0) is 24.0 Å². The zero-order valence-corrected chi connectivity index (χ0v) is 18.7. The summed E-state index contributed by atoms with van der Waals surface area (Å²) in [6.07, 6.45) is -2.44. The van der Waals surface area contributed by atoms with Crippen LogP contribution in [0.4, 0.5) is 0 Å². The minimum absolute atomic E-state index is 0.116. The zero-order valence-electron chi connectivity index (χ0n) is 18.7. The van der Waals surface area contributed by atoms with Gasteiger partial charge in [0, 0.05) is 10.9 Å². The summed E-state index contributed by atoms with van der Waals surface area (Å²) in [4.78, 5) is 12.8. The highest BCUT2D eigenvalue weighted by Gasteiger charge is 2.46. The van der Waals surface area contributed by atoms with Crippen molar-refractivity contribution in [1.29, 1.82) is 0 Å². The summed E-state index contributed by atoms with van der Waals surface area (Å²) in [5.41, 5.74) is 1.80. The molecule has 0 amide bonds. The van der Waals surface area contributed by atoms with Gasteiger partial charge in [0.15, 0.2) is 11.3 Å². The number of aliphatic hydroxyl groups excluding tert-OH is 4. The third-order valence-corrected chi connectivity index (χ3v) is 6.96. The highest BCUT2D eigenvalue weighted by atomic mass is 16.7. The normalized spacial score (nSPS) is 30.9. The Morgan fingerprint density at radius 3 is 2.52 bits per heavy atom. The van der Waals surface area contributed by atoms with Crippen LogP contribution in [0.15, 0.2) is 15.3 Å². The largest absolute Gasteiger partial charge is 0.484 e. The molecule has 1 fully saturated rings. The van der Waals surface area contributed by atoms with Crippen LogP contribution in [0.1, 0.15) is 49.8 Å². The van der Waals surface area contributed by atoms with E-state index >= 15 is 0 Å². The van der Waals surface area contributed by atoms with E-state index in [2.05, 4.69) is 0 Å². The first kappa shape index (κ1) is 22.6. The quantitative estimate of drug-likeness (QED) is 0.491.